The summed E-state index contributed by atoms with van der Waals surface area (Å²) in [7, 11) is 4.40. The molecule has 56 heavy (non-hydrogen) atoms. The lowest BCUT2D eigenvalue weighted by Crippen LogP contribution is -2.40. The minimum atomic E-state index is -3.46. The highest BCUT2D eigenvalue weighted by atomic mass is 35.5. The first-order valence-electron chi connectivity index (χ1n) is 17.1. The summed E-state index contributed by atoms with van der Waals surface area (Å²) in [5.74, 6) is -1.15. The lowest BCUT2D eigenvalue weighted by Gasteiger charge is -2.23. The van der Waals surface area contributed by atoms with Crippen molar-refractivity contribution >= 4 is 57.2 Å². The molecule has 5 rings (SSSR count). The number of hydrogen-bond donors (Lipinski definition) is 5. The second-order valence-corrected chi connectivity index (χ2v) is 15.4. The molecule has 0 radical (unpaired) electrons. The number of pyridine rings is 1. The molecule has 12 nitrogen and oxygen atoms in total. The van der Waals surface area contributed by atoms with Crippen LogP contribution in [0.4, 0.5) is 23.4 Å². The summed E-state index contributed by atoms with van der Waals surface area (Å²) in [5.41, 5.74) is -1.28. The lowest BCUT2D eigenvalue weighted by atomic mass is 9.93. The van der Waals surface area contributed by atoms with Crippen molar-refractivity contribution in [2.45, 2.75) is 50.7 Å². The molecule has 18 heteroatoms. The summed E-state index contributed by atoms with van der Waals surface area (Å²) < 4.78 is 75.7. The molecule has 1 aliphatic carbocycles. The number of rotatable bonds is 12. The number of aromatic nitrogens is 3. The number of halogens is 5. The van der Waals surface area contributed by atoms with E-state index in [9.17, 15) is 28.0 Å². The van der Waals surface area contributed by atoms with E-state index in [0.29, 0.717) is 28.1 Å². The Balaban J connectivity index is 1.65. The number of benzene rings is 2. The van der Waals surface area contributed by atoms with Crippen molar-refractivity contribution in [2.24, 2.45) is 7.05 Å². The fraction of sp³-hybridized carbons (Fsp3) is 0.342. The SMILES string of the molecule is CN(C)C(=O)C(=N)C1=C(NCC(=O)N[C@@H](Cc2cc(F)cc(F)c2)c2nc(C#CC(C)(C)O)ccc2-c2ccc(Cl)c3c(N[S+](C)[O-])nn(C)c23)C(F)(F)CC1. The smallest absolute Gasteiger partial charge is 0.287 e. The maximum absolute atomic E-state index is 15.1. The number of amides is 2. The number of allylic oxidation sites excluding steroid dienone is 1. The normalized spacial score (nSPS) is 14.9. The lowest BCUT2D eigenvalue weighted by molar-refractivity contribution is -0.122. The third kappa shape index (κ3) is 9.62. The predicted molar refractivity (Wildman–Crippen MR) is 206 cm³/mol. The van der Waals surface area contributed by atoms with Gasteiger partial charge in [-0.2, -0.15) is 18.6 Å². The molecule has 0 bridgehead atoms. The highest BCUT2D eigenvalue weighted by Gasteiger charge is 2.44. The average Bonchev–Trinajstić information content (AvgIpc) is 3.58. The molecule has 0 aliphatic heterocycles. The zero-order chi connectivity index (χ0) is 41.3. The van der Waals surface area contributed by atoms with E-state index >= 15 is 8.78 Å². The monoisotopic (exact) mass is 814 g/mol. The van der Waals surface area contributed by atoms with E-state index in [0.717, 1.165) is 17.0 Å². The summed E-state index contributed by atoms with van der Waals surface area (Å²) in [4.78, 5) is 32.1. The van der Waals surface area contributed by atoms with Gasteiger partial charge in [-0.05, 0) is 68.5 Å². The number of aryl methyl sites for hydroxylation is 1. The maximum Gasteiger partial charge on any atom is 0.287 e. The second-order valence-electron chi connectivity index (χ2n) is 13.9. The summed E-state index contributed by atoms with van der Waals surface area (Å²) in [5, 5.41) is 28.9. The Morgan fingerprint density at radius 3 is 2.45 bits per heavy atom. The molecule has 1 aliphatic rings. The number of aliphatic hydroxyl groups is 1. The number of nitrogens with zero attached hydrogens (tertiary/aromatic N) is 4. The summed E-state index contributed by atoms with van der Waals surface area (Å²) >= 11 is 5.11. The molecule has 0 saturated heterocycles. The van der Waals surface area contributed by atoms with E-state index in [1.165, 1.54) is 38.9 Å². The van der Waals surface area contributed by atoms with Crippen LogP contribution in [0.1, 0.15) is 49.7 Å². The fourth-order valence-corrected chi connectivity index (χ4v) is 6.90. The van der Waals surface area contributed by atoms with Crippen molar-refractivity contribution in [1.82, 2.24) is 30.3 Å². The average molecular weight is 815 g/mol. The van der Waals surface area contributed by atoms with Gasteiger partial charge in [0.25, 0.3) is 11.8 Å². The summed E-state index contributed by atoms with van der Waals surface area (Å²) in [6.45, 7) is 2.20. The first-order valence-corrected chi connectivity index (χ1v) is 19.0. The van der Waals surface area contributed by atoms with Gasteiger partial charge in [0.2, 0.25) is 11.7 Å². The van der Waals surface area contributed by atoms with Crippen molar-refractivity contribution in [3.63, 3.8) is 0 Å². The maximum atomic E-state index is 15.1. The van der Waals surface area contributed by atoms with Crippen LogP contribution in [-0.2, 0) is 34.4 Å². The molecular formula is C38H39ClF4N8O4S. The van der Waals surface area contributed by atoms with E-state index in [1.54, 1.807) is 31.3 Å². The minimum absolute atomic E-state index is 0.114. The summed E-state index contributed by atoms with van der Waals surface area (Å²) in [6.07, 6.45) is 0.218. The van der Waals surface area contributed by atoms with Gasteiger partial charge in [0, 0.05) is 50.3 Å². The van der Waals surface area contributed by atoms with Crippen LogP contribution < -0.4 is 15.4 Å². The molecule has 2 aromatic carbocycles. The van der Waals surface area contributed by atoms with Gasteiger partial charge >= 0.3 is 0 Å². The second kappa shape index (κ2) is 16.5. The van der Waals surface area contributed by atoms with Crippen molar-refractivity contribution in [2.75, 3.05) is 31.6 Å². The van der Waals surface area contributed by atoms with Crippen LogP contribution in [0, 0.1) is 28.9 Å². The standard InChI is InChI=1S/C38H39ClF4N8O4S/c1-37(2,54)13-11-23-7-8-24(25-9-10-27(39)30-33(25)51(5)48-35(30)49-56(6)55)32(46-23)28(17-20-15-21(40)18-22(41)16-20)47-29(52)19-45-34-26(12-14-38(34,42)43)31(44)36(53)50(3)4/h7-10,15-16,18,28,44-45,54H,12,14,17,19H2,1-6H3,(H,47,52)(H,48,49)/t28-,56?/m0/s1. The van der Waals surface area contributed by atoms with Crippen LogP contribution in [-0.4, -0.2) is 85.3 Å². The van der Waals surface area contributed by atoms with Crippen LogP contribution in [0.5, 0.6) is 0 Å². The molecule has 0 spiro atoms. The zero-order valence-corrected chi connectivity index (χ0v) is 32.8. The number of nitrogens with one attached hydrogen (secondary N) is 4. The minimum Gasteiger partial charge on any atom is -0.593 e. The van der Waals surface area contributed by atoms with Crippen molar-refractivity contribution in [3.05, 3.63) is 87.3 Å². The largest absolute Gasteiger partial charge is 0.593 e. The molecular weight excluding hydrogens is 776 g/mol. The van der Waals surface area contributed by atoms with E-state index in [2.05, 4.69) is 32.3 Å². The van der Waals surface area contributed by atoms with Crippen LogP contribution in [0.2, 0.25) is 5.02 Å². The Morgan fingerprint density at radius 1 is 1.16 bits per heavy atom. The van der Waals surface area contributed by atoms with Crippen LogP contribution in [0.3, 0.4) is 0 Å². The Labute approximate surface area is 328 Å². The van der Waals surface area contributed by atoms with Gasteiger partial charge in [-0.3, -0.25) is 19.7 Å². The van der Waals surface area contributed by atoms with Crippen LogP contribution in [0.25, 0.3) is 22.0 Å². The molecule has 2 heterocycles. The summed E-state index contributed by atoms with van der Waals surface area (Å²) in [6, 6.07) is 8.10. The third-order valence-corrected chi connectivity index (χ3v) is 9.42. The van der Waals surface area contributed by atoms with Gasteiger partial charge < -0.3 is 25.2 Å². The highest BCUT2D eigenvalue weighted by molar-refractivity contribution is 7.92. The van der Waals surface area contributed by atoms with Gasteiger partial charge in [0.15, 0.2) is 0 Å². The molecule has 2 amide bonds. The Morgan fingerprint density at radius 2 is 1.82 bits per heavy atom. The molecule has 1 unspecified atom stereocenters. The third-order valence-electron chi connectivity index (χ3n) is 8.62. The molecule has 296 valence electrons. The molecule has 2 atom stereocenters. The molecule has 2 aromatic heterocycles. The number of hydrogen-bond acceptors (Lipinski definition) is 9. The number of carbonyl (C=O) groups excluding carboxylic acids is 2. The first kappa shape index (κ1) is 42.0. The Kier molecular flexibility index (Phi) is 12.4. The van der Waals surface area contributed by atoms with E-state index in [-0.39, 0.29) is 46.2 Å². The number of fused-ring (bicyclic) bond motifs is 1. The highest BCUT2D eigenvalue weighted by Crippen LogP contribution is 2.41. The van der Waals surface area contributed by atoms with Crippen LogP contribution in [0.15, 0.2) is 53.7 Å². The first-order chi connectivity index (χ1) is 26.1. The van der Waals surface area contributed by atoms with Crippen LogP contribution >= 0.6 is 11.6 Å². The van der Waals surface area contributed by atoms with Gasteiger partial charge in [-0.15, -0.1) is 0 Å². The fourth-order valence-electron chi connectivity index (χ4n) is 6.24. The molecule has 5 N–H and O–H groups in total. The molecule has 0 saturated carbocycles. The van der Waals surface area contributed by atoms with E-state index < -0.39 is 76.8 Å². The van der Waals surface area contributed by atoms with Crippen molar-refractivity contribution in [1.29, 1.82) is 5.41 Å². The Bertz CT molecular complexity index is 2290. The van der Waals surface area contributed by atoms with Gasteiger partial charge in [-0.25, -0.2) is 13.8 Å². The topological polar surface area (TPSA) is 171 Å². The number of anilines is 1. The number of alkyl halides is 2. The van der Waals surface area contributed by atoms with Gasteiger partial charge in [0.05, 0.1) is 51.3 Å². The van der Waals surface area contributed by atoms with Gasteiger partial charge in [0.1, 0.15) is 34.9 Å². The van der Waals surface area contributed by atoms with Gasteiger partial charge in [-0.1, -0.05) is 23.6 Å². The zero-order valence-electron chi connectivity index (χ0n) is 31.2. The van der Waals surface area contributed by atoms with E-state index in [1.807, 2.05) is 0 Å². The van der Waals surface area contributed by atoms with E-state index in [4.69, 9.17) is 22.0 Å². The molecule has 0 fully saturated rings. The quantitative estimate of drug-likeness (QED) is 0.0564. The van der Waals surface area contributed by atoms with Crippen molar-refractivity contribution in [3.8, 4) is 23.0 Å². The molecule has 4 aromatic rings. The van der Waals surface area contributed by atoms with Crippen molar-refractivity contribution < 1.29 is 36.8 Å². The Hall–Kier alpha value is -5.15. The number of carbonyl (C=O) groups is 2. The predicted octanol–water partition coefficient (Wildman–Crippen LogP) is 5.18.